The molecule has 0 fully saturated rings. The molecule has 0 aliphatic rings. The van der Waals surface area contributed by atoms with Crippen LogP contribution in [0.1, 0.15) is 6.42 Å². The van der Waals surface area contributed by atoms with Crippen LogP contribution in [0.25, 0.3) is 0 Å². The van der Waals surface area contributed by atoms with Gasteiger partial charge in [-0.3, -0.25) is 0 Å². The molecule has 0 aromatic carbocycles. The van der Waals surface area contributed by atoms with Gasteiger partial charge in [-0.05, 0) is 17.9 Å². The van der Waals surface area contributed by atoms with E-state index in [1.54, 1.807) is 0 Å². The molecule has 0 aliphatic heterocycles. The third-order valence-corrected chi connectivity index (χ3v) is 0.949. The molecule has 0 aromatic heterocycles. The first-order valence-corrected chi connectivity index (χ1v) is 2.90. The predicted molar refractivity (Wildman–Crippen MR) is 38.1 cm³/mol. The zero-order chi connectivity index (χ0) is 4.12. The molecule has 0 nitrogen and oxygen atoms in total. The third kappa shape index (κ3) is 9.09. The zero-order valence-corrected chi connectivity index (χ0v) is 8.16. The summed E-state index contributed by atoms with van der Waals surface area (Å²) in [5.41, 5.74) is 0. The van der Waals surface area contributed by atoms with E-state index in [1.165, 1.54) is 0 Å². The van der Waals surface area contributed by atoms with Crippen molar-refractivity contribution in [3.05, 3.63) is 0 Å². The Kier molecular flexibility index (Phi) is 16.9. The Morgan fingerprint density at radius 1 is 1.00 bits per heavy atom. The van der Waals surface area contributed by atoms with E-state index in [4.69, 9.17) is 0 Å². The van der Waals surface area contributed by atoms with Crippen LogP contribution >= 0.6 is 25.3 Å². The van der Waals surface area contributed by atoms with Gasteiger partial charge in [0.25, 0.3) is 0 Å². The maximum Gasteiger partial charge on any atom is 0 e. The van der Waals surface area contributed by atoms with E-state index in [9.17, 15) is 0 Å². The molecule has 0 rings (SSSR count). The van der Waals surface area contributed by atoms with Gasteiger partial charge < -0.3 is 0 Å². The largest absolute Gasteiger partial charge is 0.179 e. The van der Waals surface area contributed by atoms with Gasteiger partial charge in [0, 0.05) is 23.9 Å². The fourth-order valence-electron chi connectivity index (χ4n) is 0.0707. The van der Waals surface area contributed by atoms with Gasteiger partial charge in [0.05, 0.1) is 0 Å². The third-order valence-electron chi connectivity index (χ3n) is 0.316. The Morgan fingerprint density at radius 2 is 1.33 bits per heavy atom. The van der Waals surface area contributed by atoms with Crippen LogP contribution in [0.4, 0.5) is 0 Å². The van der Waals surface area contributed by atoms with Crippen molar-refractivity contribution in [2.45, 2.75) is 6.42 Å². The van der Waals surface area contributed by atoms with Gasteiger partial charge in [0.1, 0.15) is 0 Å². The fraction of sp³-hybridized carbons (Fsp3) is 1.00. The summed E-state index contributed by atoms with van der Waals surface area (Å²) < 4.78 is 0. The maximum atomic E-state index is 3.95. The Hall–Kier alpha value is 1.50. The molecular weight excluding hydrogens is 219 g/mol. The normalized spacial score (nSPS) is 7.00. The second-order valence-corrected chi connectivity index (χ2v) is 1.70. The summed E-state index contributed by atoms with van der Waals surface area (Å²) in [4.78, 5) is 0. The maximum absolute atomic E-state index is 3.95. The summed E-state index contributed by atoms with van der Waals surface area (Å²) in [6.07, 6.45) is 1.12. The van der Waals surface area contributed by atoms with Gasteiger partial charge in [-0.15, -0.1) is 0 Å². The van der Waals surface area contributed by atoms with Gasteiger partial charge in [-0.25, -0.2) is 0 Å². The average molecular weight is 227 g/mol. The Balaban J connectivity index is 0. The Morgan fingerprint density at radius 3 is 1.33 bits per heavy atom. The van der Waals surface area contributed by atoms with Crippen LogP contribution < -0.4 is 0 Å². The number of hydrogen-bond donors (Lipinski definition) is 2. The molecule has 3 heteroatoms. The molecule has 36 valence electrons. The summed E-state index contributed by atoms with van der Waals surface area (Å²) >= 11 is 7.90. The van der Waals surface area contributed by atoms with Crippen LogP contribution in [-0.4, -0.2) is 35.4 Å². The molecule has 0 N–H and O–H groups in total. The van der Waals surface area contributed by atoms with Gasteiger partial charge in [-0.2, -0.15) is 25.3 Å². The molecule has 0 unspecified atom stereocenters. The van der Waals surface area contributed by atoms with E-state index >= 15 is 0 Å². The molecule has 0 saturated carbocycles. The van der Waals surface area contributed by atoms with E-state index in [0.717, 1.165) is 17.9 Å². The SMILES string of the molecule is SCCCS.[Sn]. The van der Waals surface area contributed by atoms with Crippen molar-refractivity contribution in [2.75, 3.05) is 11.5 Å². The summed E-state index contributed by atoms with van der Waals surface area (Å²) in [6.45, 7) is 0. The fourth-order valence-corrected chi connectivity index (χ4v) is 0.636. The number of thiol groups is 2. The standard InChI is InChI=1S/C3H8S2.Sn/c4-2-1-3-5;/h4-5H,1-3H2;. The van der Waals surface area contributed by atoms with E-state index < -0.39 is 0 Å². The molecule has 0 spiro atoms. The summed E-state index contributed by atoms with van der Waals surface area (Å²) in [5, 5.41) is 0. The average Bonchev–Trinajstić information content (AvgIpc) is 1.41. The quantitative estimate of drug-likeness (QED) is 0.507. The second-order valence-electron chi connectivity index (χ2n) is 0.801. The Labute approximate surface area is 66.9 Å². The number of hydrogen-bond acceptors (Lipinski definition) is 2. The van der Waals surface area contributed by atoms with E-state index in [2.05, 4.69) is 25.3 Å². The minimum atomic E-state index is 0. The van der Waals surface area contributed by atoms with Crippen molar-refractivity contribution in [2.24, 2.45) is 0 Å². The molecule has 0 saturated heterocycles. The molecule has 4 radical (unpaired) electrons. The summed E-state index contributed by atoms with van der Waals surface area (Å²) in [6, 6.07) is 0. The van der Waals surface area contributed by atoms with Crippen LogP contribution in [0, 0.1) is 0 Å². The van der Waals surface area contributed by atoms with Crippen LogP contribution in [0.3, 0.4) is 0 Å². The monoisotopic (exact) mass is 228 g/mol. The Bertz CT molecular complexity index is 16.3. The second kappa shape index (κ2) is 9.71. The summed E-state index contributed by atoms with van der Waals surface area (Å²) in [7, 11) is 0. The molecule has 0 atom stereocenters. The van der Waals surface area contributed by atoms with Gasteiger partial charge in [0.15, 0.2) is 0 Å². The first kappa shape index (κ1) is 10.5. The van der Waals surface area contributed by atoms with Crippen LogP contribution in [0.2, 0.25) is 0 Å². The first-order chi connectivity index (χ1) is 2.41. The molecule has 0 aromatic rings. The topological polar surface area (TPSA) is 0 Å². The van der Waals surface area contributed by atoms with Crippen LogP contribution in [0.5, 0.6) is 0 Å². The van der Waals surface area contributed by atoms with E-state index in [0.29, 0.717) is 0 Å². The molecule has 6 heavy (non-hydrogen) atoms. The van der Waals surface area contributed by atoms with Crippen molar-refractivity contribution in [3.8, 4) is 0 Å². The molecule has 0 amide bonds. The van der Waals surface area contributed by atoms with Crippen molar-refractivity contribution >= 4 is 49.2 Å². The van der Waals surface area contributed by atoms with E-state index in [1.807, 2.05) is 0 Å². The molecular formula is C3H8S2Sn. The van der Waals surface area contributed by atoms with Crippen LogP contribution in [0.15, 0.2) is 0 Å². The molecule has 0 aliphatic carbocycles. The van der Waals surface area contributed by atoms with E-state index in [-0.39, 0.29) is 23.9 Å². The minimum absolute atomic E-state index is 0. The predicted octanol–water partition coefficient (Wildman–Crippen LogP) is 0.855. The van der Waals surface area contributed by atoms with Gasteiger partial charge in [-0.1, -0.05) is 0 Å². The zero-order valence-electron chi connectivity index (χ0n) is 3.52. The summed E-state index contributed by atoms with van der Waals surface area (Å²) in [5.74, 6) is 1.92. The minimum Gasteiger partial charge on any atom is -0.179 e. The number of rotatable bonds is 2. The van der Waals surface area contributed by atoms with Crippen molar-refractivity contribution in [3.63, 3.8) is 0 Å². The smallest absolute Gasteiger partial charge is 0 e. The van der Waals surface area contributed by atoms with Crippen molar-refractivity contribution in [1.29, 1.82) is 0 Å². The van der Waals surface area contributed by atoms with Gasteiger partial charge >= 0.3 is 0 Å². The first-order valence-electron chi connectivity index (χ1n) is 1.63. The van der Waals surface area contributed by atoms with Crippen molar-refractivity contribution < 1.29 is 0 Å². The van der Waals surface area contributed by atoms with Crippen molar-refractivity contribution in [1.82, 2.24) is 0 Å². The van der Waals surface area contributed by atoms with Crippen LogP contribution in [-0.2, 0) is 0 Å². The molecule has 0 heterocycles. The molecule has 0 bridgehead atoms. The van der Waals surface area contributed by atoms with Gasteiger partial charge in [0.2, 0.25) is 0 Å².